The van der Waals surface area contributed by atoms with Crippen LogP contribution in [-0.4, -0.2) is 34.1 Å². The van der Waals surface area contributed by atoms with Gasteiger partial charge in [0.05, 0.1) is 27.8 Å². The Balaban J connectivity index is 2.98. The van der Waals surface area contributed by atoms with Crippen LogP contribution in [0.4, 0.5) is 13.2 Å². The number of thiophene rings is 1. The molecule has 0 saturated heterocycles. The standard InChI is InChI=1S/C14H17F3N2O4S/c1-7-9(6-20)24-12-10(7)11(21)19(8(2)14(15,16)17)13(22)18(12)4-5-23-3/h8,20H,4-6H2,1-3H3/i6D2. The van der Waals surface area contributed by atoms with E-state index in [2.05, 4.69) is 0 Å². The summed E-state index contributed by atoms with van der Waals surface area (Å²) in [6.45, 7) is -0.931. The molecular formula is C14H17F3N2O4S. The molecule has 2 heterocycles. The van der Waals surface area contributed by atoms with E-state index >= 15 is 0 Å². The van der Waals surface area contributed by atoms with Crippen LogP contribution in [0.1, 0.15) is 26.1 Å². The molecule has 0 radical (unpaired) electrons. The first kappa shape index (κ1) is 15.9. The second-order valence-electron chi connectivity index (χ2n) is 5.17. The Kier molecular flexibility index (Phi) is 4.42. The van der Waals surface area contributed by atoms with E-state index in [1.807, 2.05) is 0 Å². The van der Waals surface area contributed by atoms with Crippen LogP contribution >= 0.6 is 11.3 Å². The lowest BCUT2D eigenvalue weighted by atomic mass is 10.2. The van der Waals surface area contributed by atoms with Crippen LogP contribution in [0.25, 0.3) is 10.2 Å². The lowest BCUT2D eigenvalue weighted by Gasteiger charge is -2.19. The number of ether oxygens (including phenoxy) is 1. The van der Waals surface area contributed by atoms with Gasteiger partial charge in [-0.1, -0.05) is 0 Å². The van der Waals surface area contributed by atoms with E-state index in [1.165, 1.54) is 14.0 Å². The molecule has 1 atom stereocenters. The Morgan fingerprint density at radius 1 is 1.42 bits per heavy atom. The van der Waals surface area contributed by atoms with Gasteiger partial charge in [0.25, 0.3) is 5.56 Å². The third-order valence-corrected chi connectivity index (χ3v) is 4.94. The maximum absolute atomic E-state index is 13.1. The predicted octanol–water partition coefficient (Wildman–Crippen LogP) is 1.80. The number of aliphatic hydroxyl groups is 1. The summed E-state index contributed by atoms with van der Waals surface area (Å²) in [6.07, 6.45) is -4.83. The number of aromatic nitrogens is 2. The van der Waals surface area contributed by atoms with Gasteiger partial charge in [-0.2, -0.15) is 13.2 Å². The van der Waals surface area contributed by atoms with E-state index in [9.17, 15) is 27.9 Å². The molecule has 134 valence electrons. The van der Waals surface area contributed by atoms with Crippen molar-refractivity contribution in [3.63, 3.8) is 0 Å². The van der Waals surface area contributed by atoms with Gasteiger partial charge in [-0.15, -0.1) is 11.3 Å². The van der Waals surface area contributed by atoms with Gasteiger partial charge in [0, 0.05) is 12.0 Å². The van der Waals surface area contributed by atoms with E-state index in [0.717, 1.165) is 4.57 Å². The van der Waals surface area contributed by atoms with Crippen molar-refractivity contribution in [2.45, 2.75) is 39.2 Å². The van der Waals surface area contributed by atoms with Crippen LogP contribution < -0.4 is 11.2 Å². The third kappa shape index (κ3) is 3.01. The highest BCUT2D eigenvalue weighted by Crippen LogP contribution is 2.31. The zero-order valence-corrected chi connectivity index (χ0v) is 13.9. The number of hydrogen-bond acceptors (Lipinski definition) is 5. The number of hydrogen-bond donors (Lipinski definition) is 1. The van der Waals surface area contributed by atoms with Crippen LogP contribution in [0, 0.1) is 6.92 Å². The first-order chi connectivity index (χ1) is 11.8. The first-order valence-electron chi connectivity index (χ1n) is 7.89. The highest BCUT2D eigenvalue weighted by atomic mass is 32.1. The monoisotopic (exact) mass is 368 g/mol. The van der Waals surface area contributed by atoms with E-state index in [4.69, 9.17) is 7.48 Å². The van der Waals surface area contributed by atoms with Gasteiger partial charge in [0.2, 0.25) is 0 Å². The highest BCUT2D eigenvalue weighted by molar-refractivity contribution is 7.18. The third-order valence-electron chi connectivity index (χ3n) is 3.72. The van der Waals surface area contributed by atoms with Gasteiger partial charge in [0.15, 0.2) is 0 Å². The molecule has 0 aliphatic heterocycles. The van der Waals surface area contributed by atoms with E-state index in [1.54, 1.807) is 0 Å². The minimum Gasteiger partial charge on any atom is -0.391 e. The molecule has 10 heteroatoms. The molecule has 0 fully saturated rings. The number of nitrogens with zero attached hydrogens (tertiary/aromatic N) is 2. The summed E-state index contributed by atoms with van der Waals surface area (Å²) >= 11 is 0.652. The molecule has 2 aromatic heterocycles. The number of rotatable bonds is 5. The van der Waals surface area contributed by atoms with E-state index in [-0.39, 0.29) is 38.4 Å². The quantitative estimate of drug-likeness (QED) is 0.873. The second-order valence-corrected chi connectivity index (χ2v) is 6.17. The van der Waals surface area contributed by atoms with Crippen molar-refractivity contribution in [2.75, 3.05) is 13.7 Å². The minimum atomic E-state index is -4.83. The maximum Gasteiger partial charge on any atom is 0.409 e. The summed E-state index contributed by atoms with van der Waals surface area (Å²) in [5.41, 5.74) is -2.35. The molecule has 0 saturated carbocycles. The summed E-state index contributed by atoms with van der Waals surface area (Å²) in [5.74, 6) is 0. The summed E-state index contributed by atoms with van der Waals surface area (Å²) in [4.78, 5) is 25.0. The van der Waals surface area contributed by atoms with Gasteiger partial charge >= 0.3 is 11.9 Å². The zero-order valence-electron chi connectivity index (χ0n) is 15.1. The Morgan fingerprint density at radius 2 is 2.04 bits per heavy atom. The molecular weight excluding hydrogens is 349 g/mol. The van der Waals surface area contributed by atoms with E-state index in [0.29, 0.717) is 18.3 Å². The van der Waals surface area contributed by atoms with Crippen molar-refractivity contribution in [3.05, 3.63) is 31.3 Å². The summed E-state index contributed by atoms with van der Waals surface area (Å²) in [6, 6.07) is -2.37. The summed E-state index contributed by atoms with van der Waals surface area (Å²) in [7, 11) is 1.34. The van der Waals surface area contributed by atoms with Crippen LogP contribution in [0.5, 0.6) is 0 Å². The summed E-state index contributed by atoms with van der Waals surface area (Å²) in [5, 5.41) is 9.42. The molecule has 0 spiro atoms. The Bertz CT molecular complexity index is 943. The Morgan fingerprint density at radius 3 is 2.54 bits per heavy atom. The number of aryl methyl sites for hydroxylation is 1. The molecule has 0 aliphatic rings. The zero-order chi connectivity index (χ0) is 20.0. The lowest BCUT2D eigenvalue weighted by molar-refractivity contribution is -0.164. The van der Waals surface area contributed by atoms with Gasteiger partial charge in [0.1, 0.15) is 10.9 Å². The fraction of sp³-hybridized carbons (Fsp3) is 0.571. The maximum atomic E-state index is 13.1. The molecule has 1 unspecified atom stereocenters. The van der Waals surface area contributed by atoms with Crippen molar-refractivity contribution in [3.8, 4) is 0 Å². The predicted molar refractivity (Wildman–Crippen MR) is 83.6 cm³/mol. The topological polar surface area (TPSA) is 73.5 Å². The van der Waals surface area contributed by atoms with Crippen LogP contribution in [-0.2, 0) is 17.8 Å². The minimum absolute atomic E-state index is 0.00297. The largest absolute Gasteiger partial charge is 0.409 e. The molecule has 24 heavy (non-hydrogen) atoms. The van der Waals surface area contributed by atoms with Crippen LogP contribution in [0.3, 0.4) is 0 Å². The summed E-state index contributed by atoms with van der Waals surface area (Å²) < 4.78 is 60.2. The van der Waals surface area contributed by atoms with Gasteiger partial charge < -0.3 is 9.84 Å². The number of fused-ring (bicyclic) bond motifs is 1. The molecule has 1 N–H and O–H groups in total. The smallest absolute Gasteiger partial charge is 0.391 e. The van der Waals surface area contributed by atoms with Crippen molar-refractivity contribution in [1.82, 2.24) is 9.13 Å². The SMILES string of the molecule is [2H]C([2H])(O)c1sc2c(c1C)c(=O)n(C(C)C(F)(F)F)c(=O)n2CCOC. The molecule has 0 aromatic carbocycles. The highest BCUT2D eigenvalue weighted by Gasteiger charge is 2.40. The fourth-order valence-corrected chi connectivity index (χ4v) is 3.45. The van der Waals surface area contributed by atoms with Gasteiger partial charge in [-0.05, 0) is 19.4 Å². The van der Waals surface area contributed by atoms with Crippen molar-refractivity contribution >= 4 is 21.6 Å². The van der Waals surface area contributed by atoms with Crippen LogP contribution in [0.15, 0.2) is 9.59 Å². The number of halogens is 3. The normalized spacial score (nSPS) is 15.5. The molecule has 0 amide bonds. The molecule has 6 nitrogen and oxygen atoms in total. The average molecular weight is 368 g/mol. The number of alkyl halides is 3. The Hall–Kier alpha value is -1.65. The average Bonchev–Trinajstić information content (AvgIpc) is 2.84. The Labute approximate surface area is 141 Å². The molecule has 2 aromatic rings. The molecule has 0 bridgehead atoms. The fourth-order valence-electron chi connectivity index (χ4n) is 2.34. The molecule has 0 aliphatic carbocycles. The van der Waals surface area contributed by atoms with E-state index < -0.39 is 30.0 Å². The number of methoxy groups -OCH3 is 1. The second kappa shape index (κ2) is 6.69. The van der Waals surface area contributed by atoms with Crippen molar-refractivity contribution < 1.29 is 25.8 Å². The van der Waals surface area contributed by atoms with Crippen LogP contribution in [0.2, 0.25) is 0 Å². The van der Waals surface area contributed by atoms with Gasteiger partial charge in [-0.25, -0.2) is 9.36 Å². The van der Waals surface area contributed by atoms with Crippen molar-refractivity contribution in [2.24, 2.45) is 0 Å². The molecule has 2 rings (SSSR count). The van der Waals surface area contributed by atoms with Gasteiger partial charge in [-0.3, -0.25) is 9.36 Å². The lowest BCUT2D eigenvalue weighted by Crippen LogP contribution is -2.45. The van der Waals surface area contributed by atoms with Crippen molar-refractivity contribution in [1.29, 1.82) is 0 Å². The first-order valence-corrected chi connectivity index (χ1v) is 7.71.